The van der Waals surface area contributed by atoms with Gasteiger partial charge in [-0.25, -0.2) is 0 Å². The van der Waals surface area contributed by atoms with Crippen molar-refractivity contribution >= 4 is 17.3 Å². The first-order valence-corrected chi connectivity index (χ1v) is 4.29. The van der Waals surface area contributed by atoms with Crippen molar-refractivity contribution in [2.24, 2.45) is 0 Å². The van der Waals surface area contributed by atoms with Gasteiger partial charge < -0.3 is 15.3 Å². The maximum Gasteiger partial charge on any atom is 0.169 e. The molecule has 0 aromatic rings. The lowest BCUT2D eigenvalue weighted by molar-refractivity contribution is 0.188. The zero-order chi connectivity index (χ0) is 8.97. The fourth-order valence-corrected chi connectivity index (χ4v) is 1.40. The van der Waals surface area contributed by atoms with Gasteiger partial charge in [-0.3, -0.25) is 0 Å². The molecule has 2 N–H and O–H groups in total. The van der Waals surface area contributed by atoms with Crippen molar-refractivity contribution in [2.45, 2.75) is 12.5 Å². The van der Waals surface area contributed by atoms with Crippen LogP contribution in [0.3, 0.4) is 0 Å². The number of aliphatic hydroxyl groups is 1. The highest BCUT2D eigenvalue weighted by Crippen LogP contribution is 2.08. The van der Waals surface area contributed by atoms with E-state index in [1.807, 2.05) is 4.90 Å². The molecule has 0 aliphatic carbocycles. The Morgan fingerprint density at radius 2 is 2.58 bits per heavy atom. The Kier molecular flexibility index (Phi) is 3.32. The second-order valence-corrected chi connectivity index (χ2v) is 3.14. The van der Waals surface area contributed by atoms with Crippen LogP contribution < -0.4 is 5.32 Å². The van der Waals surface area contributed by atoms with E-state index in [2.05, 4.69) is 11.2 Å². The normalized spacial score (nSPS) is 22.0. The molecule has 66 valence electrons. The highest BCUT2D eigenvalue weighted by Gasteiger charge is 2.21. The van der Waals surface area contributed by atoms with E-state index in [1.54, 1.807) is 0 Å². The van der Waals surface area contributed by atoms with Crippen LogP contribution in [-0.4, -0.2) is 40.9 Å². The number of nitrogens with zero attached hydrogens (tertiary/aromatic N) is 1. The summed E-state index contributed by atoms with van der Waals surface area (Å²) in [5.74, 6) is 2.45. The average molecular weight is 184 g/mol. The third kappa shape index (κ3) is 2.36. The average Bonchev–Trinajstić information content (AvgIpc) is 2.47. The fraction of sp³-hybridized carbons (Fsp3) is 0.625. The van der Waals surface area contributed by atoms with Gasteiger partial charge >= 0.3 is 0 Å². The summed E-state index contributed by atoms with van der Waals surface area (Å²) in [5.41, 5.74) is 0. The molecule has 0 radical (unpaired) electrons. The minimum absolute atomic E-state index is 0.240. The summed E-state index contributed by atoms with van der Waals surface area (Å²) in [7, 11) is 0. The van der Waals surface area contributed by atoms with Gasteiger partial charge in [0.25, 0.3) is 0 Å². The molecule has 0 spiro atoms. The van der Waals surface area contributed by atoms with Crippen LogP contribution in [0.25, 0.3) is 0 Å². The van der Waals surface area contributed by atoms with Crippen LogP contribution in [-0.2, 0) is 0 Å². The van der Waals surface area contributed by atoms with E-state index in [4.69, 9.17) is 18.6 Å². The van der Waals surface area contributed by atoms with E-state index in [9.17, 15) is 5.11 Å². The van der Waals surface area contributed by atoms with Gasteiger partial charge in [-0.05, 0) is 18.6 Å². The molecule has 1 fully saturated rings. The second kappa shape index (κ2) is 4.29. The molecule has 1 rings (SSSR count). The predicted octanol–water partition coefficient (Wildman–Crippen LogP) is -0.439. The molecule has 1 saturated heterocycles. The lowest BCUT2D eigenvalue weighted by atomic mass is 10.3. The monoisotopic (exact) mass is 184 g/mol. The summed E-state index contributed by atoms with van der Waals surface area (Å²) < 4.78 is 0. The number of terminal acetylenes is 1. The van der Waals surface area contributed by atoms with E-state index < -0.39 is 0 Å². The molecule has 0 bridgehead atoms. The van der Waals surface area contributed by atoms with Crippen molar-refractivity contribution in [1.82, 2.24) is 10.2 Å². The van der Waals surface area contributed by atoms with Gasteiger partial charge in [0.1, 0.15) is 0 Å². The summed E-state index contributed by atoms with van der Waals surface area (Å²) in [6.07, 6.45) is 5.61. The van der Waals surface area contributed by atoms with Gasteiger partial charge in [-0.1, -0.05) is 5.92 Å². The molecule has 1 aliphatic rings. The summed E-state index contributed by atoms with van der Waals surface area (Å²) in [4.78, 5) is 1.93. The van der Waals surface area contributed by atoms with Crippen LogP contribution in [0.15, 0.2) is 0 Å². The van der Waals surface area contributed by atoms with Crippen molar-refractivity contribution in [3.8, 4) is 12.3 Å². The number of rotatable bonds is 1. The first kappa shape index (κ1) is 9.30. The van der Waals surface area contributed by atoms with Crippen molar-refractivity contribution < 1.29 is 5.11 Å². The topological polar surface area (TPSA) is 35.5 Å². The lowest BCUT2D eigenvalue weighted by Gasteiger charge is -2.18. The highest BCUT2D eigenvalue weighted by atomic mass is 32.1. The molecule has 0 aromatic carbocycles. The summed E-state index contributed by atoms with van der Waals surface area (Å²) in [5, 5.41) is 12.8. The summed E-state index contributed by atoms with van der Waals surface area (Å²) >= 11 is 5.04. The molecule has 4 heteroatoms. The third-order valence-corrected chi connectivity index (χ3v) is 2.19. The molecule has 1 heterocycles. The molecule has 0 amide bonds. The van der Waals surface area contributed by atoms with E-state index in [1.165, 1.54) is 0 Å². The van der Waals surface area contributed by atoms with Crippen LogP contribution in [0.5, 0.6) is 0 Å². The Morgan fingerprint density at radius 3 is 3.08 bits per heavy atom. The molecule has 12 heavy (non-hydrogen) atoms. The highest BCUT2D eigenvalue weighted by molar-refractivity contribution is 7.80. The minimum atomic E-state index is -0.240. The first-order chi connectivity index (χ1) is 5.74. The molecule has 0 saturated carbocycles. The Hall–Kier alpha value is -0.790. The van der Waals surface area contributed by atoms with Gasteiger partial charge in [-0.2, -0.15) is 0 Å². The van der Waals surface area contributed by atoms with Crippen LogP contribution in [0.1, 0.15) is 6.42 Å². The van der Waals surface area contributed by atoms with Gasteiger partial charge in [0.15, 0.2) is 5.11 Å². The van der Waals surface area contributed by atoms with Crippen LogP contribution in [0.4, 0.5) is 0 Å². The standard InChI is InChI=1S/C8H12N2OS/c1-2-4-9-8(12)10-5-3-7(11)6-10/h1,7,11H,3-6H2,(H,9,12)/t7-/m1/s1. The van der Waals surface area contributed by atoms with E-state index in [-0.39, 0.29) is 6.10 Å². The Balaban J connectivity index is 2.29. The quantitative estimate of drug-likeness (QED) is 0.428. The van der Waals surface area contributed by atoms with Crippen LogP contribution in [0.2, 0.25) is 0 Å². The molecule has 0 unspecified atom stereocenters. The fourth-order valence-electron chi connectivity index (χ4n) is 1.16. The first-order valence-electron chi connectivity index (χ1n) is 3.88. The Labute approximate surface area is 77.7 Å². The number of hydrogen-bond acceptors (Lipinski definition) is 2. The maximum absolute atomic E-state index is 9.20. The number of nitrogens with one attached hydrogen (secondary N) is 1. The van der Waals surface area contributed by atoms with Crippen LogP contribution in [0, 0.1) is 12.3 Å². The molecular formula is C8H12N2OS. The Bertz CT molecular complexity index is 212. The second-order valence-electron chi connectivity index (χ2n) is 2.75. The third-order valence-electron chi connectivity index (χ3n) is 1.79. The smallest absolute Gasteiger partial charge is 0.169 e. The molecular weight excluding hydrogens is 172 g/mol. The Morgan fingerprint density at radius 1 is 1.83 bits per heavy atom. The lowest BCUT2D eigenvalue weighted by Crippen LogP contribution is -2.38. The van der Waals surface area contributed by atoms with E-state index >= 15 is 0 Å². The number of thiocarbonyl (C=S) groups is 1. The summed E-state index contributed by atoms with van der Waals surface area (Å²) in [6, 6.07) is 0. The van der Waals surface area contributed by atoms with Crippen LogP contribution >= 0.6 is 12.2 Å². The largest absolute Gasteiger partial charge is 0.391 e. The summed E-state index contributed by atoms with van der Waals surface area (Å²) in [6.45, 7) is 1.89. The SMILES string of the molecule is C#CCNC(=S)N1CC[C@@H](O)C1. The zero-order valence-corrected chi connectivity index (χ0v) is 7.60. The molecule has 1 aliphatic heterocycles. The van der Waals surface area contributed by atoms with Crippen molar-refractivity contribution in [3.63, 3.8) is 0 Å². The van der Waals surface area contributed by atoms with Gasteiger partial charge in [0.05, 0.1) is 12.6 Å². The van der Waals surface area contributed by atoms with Gasteiger partial charge in [-0.15, -0.1) is 6.42 Å². The predicted molar refractivity (Wildman–Crippen MR) is 51.6 cm³/mol. The maximum atomic E-state index is 9.20. The number of aliphatic hydroxyl groups excluding tert-OH is 1. The van der Waals surface area contributed by atoms with E-state index in [0.29, 0.717) is 18.2 Å². The molecule has 3 nitrogen and oxygen atoms in total. The van der Waals surface area contributed by atoms with Crippen molar-refractivity contribution in [3.05, 3.63) is 0 Å². The van der Waals surface area contributed by atoms with E-state index in [0.717, 1.165) is 13.0 Å². The minimum Gasteiger partial charge on any atom is -0.391 e. The zero-order valence-electron chi connectivity index (χ0n) is 6.79. The van der Waals surface area contributed by atoms with Crippen molar-refractivity contribution in [1.29, 1.82) is 0 Å². The number of hydrogen-bond donors (Lipinski definition) is 2. The number of likely N-dealkylation sites (tertiary alicyclic amines) is 1. The van der Waals surface area contributed by atoms with Gasteiger partial charge in [0, 0.05) is 13.1 Å². The molecule has 1 atom stereocenters. The molecule has 0 aromatic heterocycles. The number of β-amino-alcohol motifs (C(OH)–C–C–N with tert-alkyl or cyclic N) is 1. The van der Waals surface area contributed by atoms with Crippen molar-refractivity contribution in [2.75, 3.05) is 19.6 Å². The van der Waals surface area contributed by atoms with Gasteiger partial charge in [0.2, 0.25) is 0 Å².